The van der Waals surface area contributed by atoms with Crippen molar-refractivity contribution in [2.45, 2.75) is 104 Å². The number of ether oxygens (including phenoxy) is 3. The Kier molecular flexibility index (Phi) is 13.9. The Morgan fingerprint density at radius 1 is 1.27 bits per heavy atom. The number of carbonyl (C=O) groups is 2. The van der Waals surface area contributed by atoms with Gasteiger partial charge in [-0.15, -0.1) is 0 Å². The molecule has 1 rings (SSSR count). The van der Waals surface area contributed by atoms with Crippen molar-refractivity contribution in [3.8, 4) is 0 Å². The lowest BCUT2D eigenvalue weighted by atomic mass is 10.0. The monoisotopic (exact) mass is 427 g/mol. The minimum Gasteiger partial charge on any atom is -0.495 e. The molecule has 7 nitrogen and oxygen atoms in total. The second-order valence-corrected chi connectivity index (χ2v) is 8.22. The topological polar surface area (TPSA) is 94.1 Å². The van der Waals surface area contributed by atoms with Crippen molar-refractivity contribution in [2.75, 3.05) is 7.11 Å². The minimum absolute atomic E-state index is 0.00891. The molecule has 2 N–H and O–H groups in total. The number of esters is 1. The quantitative estimate of drug-likeness (QED) is 0.377. The molecule has 1 aliphatic rings. The van der Waals surface area contributed by atoms with E-state index in [2.05, 4.69) is 12.2 Å². The van der Waals surface area contributed by atoms with Crippen LogP contribution in [0.2, 0.25) is 0 Å². The summed E-state index contributed by atoms with van der Waals surface area (Å²) in [5.74, 6) is 0.516. The van der Waals surface area contributed by atoms with Gasteiger partial charge in [-0.1, -0.05) is 25.5 Å². The van der Waals surface area contributed by atoms with E-state index in [1.165, 1.54) is 0 Å². The van der Waals surface area contributed by atoms with Gasteiger partial charge in [-0.25, -0.2) is 9.59 Å². The molecule has 1 heterocycles. The van der Waals surface area contributed by atoms with Gasteiger partial charge in [0.15, 0.2) is 0 Å². The van der Waals surface area contributed by atoms with Crippen LogP contribution in [-0.4, -0.2) is 48.1 Å². The first-order valence-corrected chi connectivity index (χ1v) is 10.8. The van der Waals surface area contributed by atoms with Gasteiger partial charge in [-0.2, -0.15) is 0 Å². The van der Waals surface area contributed by atoms with Gasteiger partial charge in [0.1, 0.15) is 23.9 Å². The molecule has 0 saturated carbocycles. The van der Waals surface area contributed by atoms with Gasteiger partial charge in [0, 0.05) is 20.0 Å². The van der Waals surface area contributed by atoms with Crippen LogP contribution in [0, 0.1) is 0 Å². The summed E-state index contributed by atoms with van der Waals surface area (Å²) in [5.41, 5.74) is -0.612. The molecule has 174 valence electrons. The van der Waals surface area contributed by atoms with Crippen LogP contribution in [-0.2, 0) is 19.0 Å². The number of hydrogen-bond acceptors (Lipinski definition) is 6. The van der Waals surface area contributed by atoms with E-state index in [4.69, 9.17) is 19.3 Å². The van der Waals surface area contributed by atoms with E-state index in [9.17, 15) is 9.59 Å². The van der Waals surface area contributed by atoms with Crippen molar-refractivity contribution < 1.29 is 28.9 Å². The Morgan fingerprint density at radius 2 is 1.90 bits per heavy atom. The molecule has 1 aliphatic heterocycles. The molecule has 1 amide bonds. The lowest BCUT2D eigenvalue weighted by Crippen LogP contribution is -2.45. The summed E-state index contributed by atoms with van der Waals surface area (Å²) in [7, 11) is 1.00. The maximum absolute atomic E-state index is 12.5. The Balaban J connectivity index is 0.00000407. The van der Waals surface area contributed by atoms with Crippen LogP contribution >= 0.6 is 0 Å². The molecule has 0 spiro atoms. The molecule has 0 aliphatic carbocycles. The van der Waals surface area contributed by atoms with Crippen molar-refractivity contribution in [3.63, 3.8) is 0 Å². The SMILES string of the molecule is C/C=C\C=C(/CC)OC1CCCC[C@H](NC(=O)OC(C)(C)C)C(=O)OC(C)C1.CO. The molecule has 1 saturated heterocycles. The zero-order valence-corrected chi connectivity index (χ0v) is 19.7. The molecule has 3 atom stereocenters. The van der Waals surface area contributed by atoms with Crippen LogP contribution in [0.25, 0.3) is 0 Å². The van der Waals surface area contributed by atoms with E-state index in [-0.39, 0.29) is 12.2 Å². The summed E-state index contributed by atoms with van der Waals surface area (Å²) >= 11 is 0. The number of rotatable bonds is 5. The van der Waals surface area contributed by atoms with Crippen molar-refractivity contribution in [1.82, 2.24) is 5.32 Å². The highest BCUT2D eigenvalue weighted by Gasteiger charge is 2.28. The average molecular weight is 428 g/mol. The Hall–Kier alpha value is -2.02. The van der Waals surface area contributed by atoms with E-state index in [0.29, 0.717) is 12.8 Å². The highest BCUT2D eigenvalue weighted by Crippen LogP contribution is 2.21. The number of allylic oxidation sites excluding steroid dienone is 4. The number of carbonyl (C=O) groups excluding carboxylic acids is 2. The summed E-state index contributed by atoms with van der Waals surface area (Å²) in [4.78, 5) is 24.5. The minimum atomic E-state index is -0.685. The van der Waals surface area contributed by atoms with Crippen LogP contribution < -0.4 is 5.32 Å². The summed E-state index contributed by atoms with van der Waals surface area (Å²) in [5, 5.41) is 9.65. The lowest BCUT2D eigenvalue weighted by Gasteiger charge is -2.28. The average Bonchev–Trinajstić information content (AvgIpc) is 2.66. The van der Waals surface area contributed by atoms with Gasteiger partial charge in [-0.3, -0.25) is 0 Å². The lowest BCUT2D eigenvalue weighted by molar-refractivity contribution is -0.152. The van der Waals surface area contributed by atoms with Gasteiger partial charge in [-0.05, 0) is 60.0 Å². The first-order valence-electron chi connectivity index (χ1n) is 10.8. The Labute approximate surface area is 181 Å². The van der Waals surface area contributed by atoms with Gasteiger partial charge in [0.25, 0.3) is 0 Å². The molecule has 2 unspecified atom stereocenters. The predicted molar refractivity (Wildman–Crippen MR) is 118 cm³/mol. The third kappa shape index (κ3) is 12.5. The molecular weight excluding hydrogens is 386 g/mol. The first-order chi connectivity index (χ1) is 14.1. The third-order valence-electron chi connectivity index (χ3n) is 4.30. The van der Waals surface area contributed by atoms with E-state index in [1.807, 2.05) is 32.1 Å². The van der Waals surface area contributed by atoms with E-state index < -0.39 is 23.7 Å². The van der Waals surface area contributed by atoms with Crippen LogP contribution in [0.4, 0.5) is 4.79 Å². The molecule has 7 heteroatoms. The van der Waals surface area contributed by atoms with Gasteiger partial charge in [0.05, 0.1) is 5.76 Å². The summed E-state index contributed by atoms with van der Waals surface area (Å²) in [6.45, 7) is 11.3. The number of amides is 1. The summed E-state index contributed by atoms with van der Waals surface area (Å²) in [6, 6.07) is -0.685. The number of alkyl carbamates (subject to hydrolysis) is 1. The van der Waals surface area contributed by atoms with Crippen LogP contribution in [0.15, 0.2) is 24.0 Å². The number of cyclic esters (lactones) is 1. The van der Waals surface area contributed by atoms with Crippen molar-refractivity contribution in [3.05, 3.63) is 24.0 Å². The van der Waals surface area contributed by atoms with Crippen LogP contribution in [0.5, 0.6) is 0 Å². The Morgan fingerprint density at radius 3 is 2.47 bits per heavy atom. The van der Waals surface area contributed by atoms with E-state index in [1.54, 1.807) is 20.8 Å². The molecule has 30 heavy (non-hydrogen) atoms. The van der Waals surface area contributed by atoms with Gasteiger partial charge in [0.2, 0.25) is 0 Å². The highest BCUT2D eigenvalue weighted by molar-refractivity contribution is 5.81. The smallest absolute Gasteiger partial charge is 0.408 e. The maximum Gasteiger partial charge on any atom is 0.408 e. The number of nitrogens with one attached hydrogen (secondary N) is 1. The van der Waals surface area contributed by atoms with Crippen molar-refractivity contribution in [2.24, 2.45) is 0 Å². The molecule has 0 radical (unpaired) electrons. The van der Waals surface area contributed by atoms with Gasteiger partial charge < -0.3 is 24.6 Å². The maximum atomic E-state index is 12.5. The van der Waals surface area contributed by atoms with E-state index in [0.717, 1.165) is 38.6 Å². The Bertz CT molecular complexity index is 565. The highest BCUT2D eigenvalue weighted by atomic mass is 16.6. The summed E-state index contributed by atoms with van der Waals surface area (Å²) in [6.07, 6.45) is 9.59. The normalized spacial score (nSPS) is 23.7. The van der Waals surface area contributed by atoms with E-state index >= 15 is 0 Å². The molecule has 1 fully saturated rings. The van der Waals surface area contributed by atoms with Gasteiger partial charge >= 0.3 is 12.1 Å². The second kappa shape index (κ2) is 14.9. The molecule has 0 bridgehead atoms. The third-order valence-corrected chi connectivity index (χ3v) is 4.30. The van der Waals surface area contributed by atoms with Crippen LogP contribution in [0.1, 0.15) is 80.1 Å². The zero-order chi connectivity index (χ0) is 23.2. The number of hydrogen-bond donors (Lipinski definition) is 2. The standard InChI is InChI=1S/C22H37NO5.CH4O/c1-7-9-12-17(8-2)27-18-13-10-11-14-19(20(24)26-16(3)15-18)23-21(25)28-22(4,5)6;1-2/h7,9,12,16,18-19H,8,10-11,13-15H2,1-6H3,(H,23,25);2H,1H3/b9-7-,17-12+;/t16?,18?,19-;/m0./s1. The number of aliphatic hydroxyl groups excluding tert-OH is 1. The van der Waals surface area contributed by atoms with Crippen molar-refractivity contribution >= 4 is 12.1 Å². The predicted octanol–water partition coefficient (Wildman–Crippen LogP) is 4.64. The van der Waals surface area contributed by atoms with Crippen molar-refractivity contribution in [1.29, 1.82) is 0 Å². The molecule has 0 aromatic rings. The molecule has 0 aromatic carbocycles. The molecule has 0 aromatic heterocycles. The fourth-order valence-electron chi connectivity index (χ4n) is 3.00. The fourth-order valence-corrected chi connectivity index (χ4v) is 3.00. The fraction of sp³-hybridized carbons (Fsp3) is 0.739. The molecular formula is C23H41NO6. The largest absolute Gasteiger partial charge is 0.495 e. The van der Waals surface area contributed by atoms with Crippen LogP contribution in [0.3, 0.4) is 0 Å². The number of aliphatic hydroxyl groups is 1. The summed E-state index contributed by atoms with van der Waals surface area (Å²) < 4.78 is 17.0. The first kappa shape index (κ1) is 28.0. The second-order valence-electron chi connectivity index (χ2n) is 8.22. The zero-order valence-electron chi connectivity index (χ0n) is 19.7.